The maximum Gasteiger partial charge on any atom is 0.418 e. The zero-order valence-corrected chi connectivity index (χ0v) is 22.9. The maximum atomic E-state index is 13.7. The lowest BCUT2D eigenvalue weighted by Gasteiger charge is -2.30. The molecule has 40 heavy (non-hydrogen) atoms. The first-order chi connectivity index (χ1) is 19.2. The molecule has 0 aromatic heterocycles. The maximum absolute atomic E-state index is 13.7. The van der Waals surface area contributed by atoms with E-state index in [1.807, 2.05) is 25.1 Å². The second-order valence-electron chi connectivity index (χ2n) is 12.0. The number of ether oxygens (including phenoxy) is 1. The molecule has 3 fully saturated rings. The summed E-state index contributed by atoms with van der Waals surface area (Å²) in [6.07, 6.45) is 6.40. The van der Waals surface area contributed by atoms with Crippen molar-refractivity contribution in [2.45, 2.75) is 88.6 Å². The Kier molecular flexibility index (Phi) is 7.02. The molecule has 2 saturated carbocycles. The molecule has 4 aliphatic rings. The number of carbonyl (C=O) groups excluding carboxylic acids is 3. The number of amides is 3. The number of nitrogens with one attached hydrogen (secondary N) is 1. The van der Waals surface area contributed by atoms with Gasteiger partial charge in [0.2, 0.25) is 11.5 Å². The van der Waals surface area contributed by atoms with Gasteiger partial charge in [0.25, 0.3) is 5.91 Å². The van der Waals surface area contributed by atoms with Crippen molar-refractivity contribution in [1.82, 2.24) is 9.80 Å². The number of anilines is 1. The van der Waals surface area contributed by atoms with Crippen LogP contribution in [-0.2, 0) is 32.9 Å². The summed E-state index contributed by atoms with van der Waals surface area (Å²) in [6, 6.07) is 12.4. The number of benzene rings is 2. The molecule has 3 amide bonds. The normalized spacial score (nSPS) is 26.5. The van der Waals surface area contributed by atoms with Crippen LogP contribution >= 0.6 is 0 Å². The van der Waals surface area contributed by atoms with Crippen molar-refractivity contribution in [3.05, 3.63) is 65.0 Å². The number of imide groups is 1. The van der Waals surface area contributed by atoms with Crippen molar-refractivity contribution in [2.24, 2.45) is 11.7 Å². The Morgan fingerprint density at radius 2 is 1.95 bits per heavy atom. The fraction of sp³-hybridized carbons (Fsp3) is 0.516. The molecule has 1 aliphatic heterocycles. The van der Waals surface area contributed by atoms with E-state index in [1.54, 1.807) is 17.0 Å². The van der Waals surface area contributed by atoms with E-state index in [1.165, 1.54) is 12.1 Å². The molecule has 1 saturated heterocycles. The van der Waals surface area contributed by atoms with E-state index in [0.717, 1.165) is 60.2 Å². The molecule has 3 N–H and O–H groups in total. The number of hydrogen-bond donors (Lipinski definition) is 2. The van der Waals surface area contributed by atoms with Crippen LogP contribution < -0.4 is 11.1 Å². The summed E-state index contributed by atoms with van der Waals surface area (Å²) >= 11 is 0. The van der Waals surface area contributed by atoms with Crippen molar-refractivity contribution in [3.8, 4) is 0 Å². The summed E-state index contributed by atoms with van der Waals surface area (Å²) in [5.41, 5.74) is 8.20. The van der Waals surface area contributed by atoms with E-state index in [0.29, 0.717) is 30.4 Å². The van der Waals surface area contributed by atoms with Gasteiger partial charge in [-0.2, -0.15) is 0 Å². The summed E-state index contributed by atoms with van der Waals surface area (Å²) in [7, 11) is 0. The molecule has 0 bridgehead atoms. The molecule has 4 atom stereocenters. The SMILES string of the molecule is CC(C1CC1)N(Cc1ccc(F)cc1)C(=O)CN1C(=O)OC2(CCc3cc(NC4CCCC(N)C4)ccc32)C1=O. The number of aryl methyl sites for hydroxylation is 1. The van der Waals surface area contributed by atoms with Gasteiger partial charge >= 0.3 is 6.09 Å². The Bertz CT molecular complexity index is 1310. The third-order valence-electron chi connectivity index (χ3n) is 9.12. The zero-order valence-electron chi connectivity index (χ0n) is 22.9. The van der Waals surface area contributed by atoms with Gasteiger partial charge in [0.15, 0.2) is 0 Å². The van der Waals surface area contributed by atoms with Crippen LogP contribution in [-0.4, -0.2) is 52.4 Å². The highest BCUT2D eigenvalue weighted by molar-refractivity contribution is 6.06. The average Bonchev–Trinajstić information content (AvgIpc) is 3.69. The van der Waals surface area contributed by atoms with Crippen LogP contribution in [0.4, 0.5) is 14.9 Å². The molecule has 1 spiro atoms. The van der Waals surface area contributed by atoms with Crippen LogP contribution in [0.1, 0.15) is 68.6 Å². The predicted octanol–water partition coefficient (Wildman–Crippen LogP) is 4.46. The van der Waals surface area contributed by atoms with Crippen molar-refractivity contribution >= 4 is 23.6 Å². The first kappa shape index (κ1) is 26.7. The highest BCUT2D eigenvalue weighted by atomic mass is 19.1. The highest BCUT2D eigenvalue weighted by Crippen LogP contribution is 2.46. The summed E-state index contributed by atoms with van der Waals surface area (Å²) in [6.45, 7) is 1.89. The predicted molar refractivity (Wildman–Crippen MR) is 148 cm³/mol. The van der Waals surface area contributed by atoms with Gasteiger partial charge < -0.3 is 20.7 Å². The van der Waals surface area contributed by atoms with Crippen LogP contribution in [0.5, 0.6) is 0 Å². The van der Waals surface area contributed by atoms with Gasteiger partial charge in [-0.05, 0) is 93.2 Å². The Morgan fingerprint density at radius 1 is 1.18 bits per heavy atom. The first-order valence-electron chi connectivity index (χ1n) is 14.5. The molecule has 2 aromatic rings. The molecule has 8 nitrogen and oxygen atoms in total. The topological polar surface area (TPSA) is 105 Å². The average molecular weight is 549 g/mol. The molecule has 9 heteroatoms. The number of nitrogens with two attached hydrogens (primary N) is 1. The Balaban J connectivity index is 1.17. The molecule has 0 radical (unpaired) electrons. The minimum Gasteiger partial charge on any atom is -0.427 e. The lowest BCUT2D eigenvalue weighted by molar-refractivity contribution is -0.143. The van der Waals surface area contributed by atoms with Crippen LogP contribution in [0.25, 0.3) is 0 Å². The number of rotatable bonds is 8. The Morgan fingerprint density at radius 3 is 2.67 bits per heavy atom. The van der Waals surface area contributed by atoms with Gasteiger partial charge in [-0.15, -0.1) is 0 Å². The van der Waals surface area contributed by atoms with Gasteiger partial charge in [0.1, 0.15) is 12.4 Å². The molecule has 6 rings (SSSR count). The van der Waals surface area contributed by atoms with Crippen LogP contribution in [0.2, 0.25) is 0 Å². The van der Waals surface area contributed by atoms with Crippen molar-refractivity contribution in [1.29, 1.82) is 0 Å². The second kappa shape index (κ2) is 10.5. The Hall–Kier alpha value is -3.46. The van der Waals surface area contributed by atoms with E-state index in [-0.39, 0.29) is 36.9 Å². The smallest absolute Gasteiger partial charge is 0.418 e. The fourth-order valence-corrected chi connectivity index (χ4v) is 6.64. The standard InChI is InChI=1S/C31H37FN4O4/c1-19(21-7-8-21)35(17-20-5-9-23(32)10-6-20)28(37)18-36-29(38)31(40-30(36)39)14-13-22-15-26(11-12-27(22)31)34-25-4-2-3-24(33)16-25/h5-6,9-12,15,19,21,24-25,34H,2-4,7-8,13-14,16-18,33H2,1H3. The van der Waals surface area contributed by atoms with Crippen molar-refractivity contribution in [2.75, 3.05) is 11.9 Å². The lowest BCUT2D eigenvalue weighted by Crippen LogP contribution is -2.47. The molecule has 2 aromatic carbocycles. The first-order valence-corrected chi connectivity index (χ1v) is 14.5. The third-order valence-corrected chi connectivity index (χ3v) is 9.12. The highest BCUT2D eigenvalue weighted by Gasteiger charge is 2.58. The summed E-state index contributed by atoms with van der Waals surface area (Å²) in [5.74, 6) is -0.768. The minimum atomic E-state index is -1.39. The van der Waals surface area contributed by atoms with Gasteiger partial charge in [-0.25, -0.2) is 14.1 Å². The van der Waals surface area contributed by atoms with Gasteiger partial charge in [0.05, 0.1) is 0 Å². The van der Waals surface area contributed by atoms with Gasteiger partial charge in [-0.1, -0.05) is 18.2 Å². The number of halogens is 1. The van der Waals surface area contributed by atoms with Crippen molar-refractivity contribution in [3.63, 3.8) is 0 Å². The van der Waals surface area contributed by atoms with Crippen molar-refractivity contribution < 1.29 is 23.5 Å². The van der Waals surface area contributed by atoms with Gasteiger partial charge in [-0.3, -0.25) is 9.59 Å². The monoisotopic (exact) mass is 548 g/mol. The van der Waals surface area contributed by atoms with E-state index < -0.39 is 17.6 Å². The zero-order chi connectivity index (χ0) is 28.0. The number of fused-ring (bicyclic) bond motifs is 2. The minimum absolute atomic E-state index is 0.0583. The number of carbonyl (C=O) groups is 3. The van der Waals surface area contributed by atoms with E-state index >= 15 is 0 Å². The van der Waals surface area contributed by atoms with E-state index in [9.17, 15) is 18.8 Å². The number of nitrogens with zero attached hydrogens (tertiary/aromatic N) is 2. The van der Waals surface area contributed by atoms with E-state index in [4.69, 9.17) is 10.5 Å². The fourth-order valence-electron chi connectivity index (χ4n) is 6.64. The van der Waals surface area contributed by atoms with Crippen LogP contribution in [0, 0.1) is 11.7 Å². The summed E-state index contributed by atoms with van der Waals surface area (Å²) in [4.78, 5) is 43.0. The summed E-state index contributed by atoms with van der Waals surface area (Å²) in [5, 5.41) is 3.58. The van der Waals surface area contributed by atoms with Gasteiger partial charge in [0, 0.05) is 42.3 Å². The number of hydrogen-bond acceptors (Lipinski definition) is 6. The molecule has 212 valence electrons. The lowest BCUT2D eigenvalue weighted by atomic mass is 9.91. The molecular weight excluding hydrogens is 511 g/mol. The summed E-state index contributed by atoms with van der Waals surface area (Å²) < 4.78 is 19.2. The third kappa shape index (κ3) is 5.07. The Labute approximate surface area is 234 Å². The second-order valence-corrected chi connectivity index (χ2v) is 12.0. The molecule has 4 unspecified atom stereocenters. The quantitative estimate of drug-likeness (QED) is 0.505. The molecule has 1 heterocycles. The van der Waals surface area contributed by atoms with Crippen LogP contribution in [0.3, 0.4) is 0 Å². The molecular formula is C31H37FN4O4. The van der Waals surface area contributed by atoms with Crippen LogP contribution in [0.15, 0.2) is 42.5 Å². The largest absolute Gasteiger partial charge is 0.427 e. The molecule has 3 aliphatic carbocycles. The van der Waals surface area contributed by atoms with E-state index in [2.05, 4.69) is 5.32 Å².